The van der Waals surface area contributed by atoms with E-state index in [0.29, 0.717) is 28.6 Å². The molecule has 4 aromatic rings. The van der Waals surface area contributed by atoms with Gasteiger partial charge in [-0.3, -0.25) is 4.79 Å². The first kappa shape index (κ1) is 24.1. The van der Waals surface area contributed by atoms with Gasteiger partial charge in [0.05, 0.1) is 0 Å². The van der Waals surface area contributed by atoms with E-state index in [0.717, 1.165) is 33.0 Å². The lowest BCUT2D eigenvalue weighted by molar-refractivity contribution is -0.112. The van der Waals surface area contributed by atoms with Gasteiger partial charge in [0.2, 0.25) is 0 Å². The Morgan fingerprint density at radius 3 is 2.57 bits per heavy atom. The Morgan fingerprint density at radius 1 is 1.00 bits per heavy atom. The Hall–Kier alpha value is -4.07. The van der Waals surface area contributed by atoms with Crippen LogP contribution in [-0.2, 0) is 11.4 Å². The number of nitrogens with zero attached hydrogens (tertiary/aromatic N) is 1. The lowest BCUT2D eigenvalue weighted by atomic mass is 10.0. The molecule has 0 saturated heterocycles. The highest BCUT2D eigenvalue weighted by Crippen LogP contribution is 2.29. The highest BCUT2D eigenvalue weighted by molar-refractivity contribution is 6.30. The molecule has 4 aromatic carbocycles. The van der Waals surface area contributed by atoms with Gasteiger partial charge in [-0.2, -0.15) is 5.26 Å². The predicted molar refractivity (Wildman–Crippen MR) is 143 cm³/mol. The Bertz CT molecular complexity index is 1500. The van der Waals surface area contributed by atoms with Gasteiger partial charge in [-0.05, 0) is 78.6 Å². The van der Waals surface area contributed by atoms with E-state index in [1.54, 1.807) is 18.2 Å². The number of carbonyl (C=O) groups is 1. The molecule has 0 saturated carbocycles. The van der Waals surface area contributed by atoms with Crippen LogP contribution in [0.15, 0.2) is 78.4 Å². The monoisotopic (exact) mass is 480 g/mol. The van der Waals surface area contributed by atoms with Crippen LogP contribution in [0.3, 0.4) is 0 Å². The van der Waals surface area contributed by atoms with Gasteiger partial charge in [0.25, 0.3) is 5.91 Å². The van der Waals surface area contributed by atoms with Crippen LogP contribution in [0, 0.1) is 32.1 Å². The largest absolute Gasteiger partial charge is 0.488 e. The Labute approximate surface area is 210 Å². The summed E-state index contributed by atoms with van der Waals surface area (Å²) in [6.45, 7) is 6.25. The summed E-state index contributed by atoms with van der Waals surface area (Å²) in [5.74, 6) is 0.0473. The second-order valence-electron chi connectivity index (χ2n) is 8.50. The number of ether oxygens (including phenoxy) is 1. The molecule has 0 bridgehead atoms. The molecule has 0 aliphatic heterocycles. The fourth-order valence-corrected chi connectivity index (χ4v) is 4.09. The highest BCUT2D eigenvalue weighted by atomic mass is 35.5. The second kappa shape index (κ2) is 10.5. The number of amides is 1. The van der Waals surface area contributed by atoms with Crippen molar-refractivity contribution in [2.75, 3.05) is 5.32 Å². The van der Waals surface area contributed by atoms with Crippen LogP contribution < -0.4 is 10.1 Å². The van der Waals surface area contributed by atoms with Gasteiger partial charge in [-0.25, -0.2) is 0 Å². The van der Waals surface area contributed by atoms with Gasteiger partial charge in [0.1, 0.15) is 24.0 Å². The summed E-state index contributed by atoms with van der Waals surface area (Å²) in [5.41, 5.74) is 5.33. The number of aryl methyl sites for hydroxylation is 3. The number of fused-ring (bicyclic) bond motifs is 1. The lowest BCUT2D eigenvalue weighted by Gasteiger charge is -2.14. The van der Waals surface area contributed by atoms with Crippen LogP contribution in [0.1, 0.15) is 27.8 Å². The first-order valence-electron chi connectivity index (χ1n) is 11.3. The number of benzene rings is 4. The average molecular weight is 481 g/mol. The first-order valence-corrected chi connectivity index (χ1v) is 11.6. The van der Waals surface area contributed by atoms with Crippen molar-refractivity contribution in [2.45, 2.75) is 27.4 Å². The van der Waals surface area contributed by atoms with E-state index in [4.69, 9.17) is 16.3 Å². The van der Waals surface area contributed by atoms with Crippen molar-refractivity contribution in [3.8, 4) is 11.8 Å². The molecule has 0 aliphatic carbocycles. The Morgan fingerprint density at radius 2 is 1.77 bits per heavy atom. The van der Waals surface area contributed by atoms with Crippen LogP contribution in [-0.4, -0.2) is 5.91 Å². The predicted octanol–water partition coefficient (Wildman–Crippen LogP) is 7.54. The fraction of sp³-hybridized carbons (Fsp3) is 0.133. The van der Waals surface area contributed by atoms with Gasteiger partial charge in [-0.1, -0.05) is 60.1 Å². The zero-order chi connectivity index (χ0) is 24.9. The molecule has 35 heavy (non-hydrogen) atoms. The van der Waals surface area contributed by atoms with E-state index < -0.39 is 5.91 Å². The third-order valence-corrected chi connectivity index (χ3v) is 6.16. The van der Waals surface area contributed by atoms with Crippen molar-refractivity contribution in [1.82, 2.24) is 0 Å². The molecule has 1 N–H and O–H groups in total. The van der Waals surface area contributed by atoms with Crippen LogP contribution in [0.25, 0.3) is 16.8 Å². The first-order chi connectivity index (χ1) is 16.9. The molecule has 4 nitrogen and oxygen atoms in total. The Balaban J connectivity index is 1.63. The van der Waals surface area contributed by atoms with Gasteiger partial charge in [0, 0.05) is 21.8 Å². The zero-order valence-corrected chi connectivity index (χ0v) is 20.6. The molecular weight excluding hydrogens is 456 g/mol. The van der Waals surface area contributed by atoms with Crippen LogP contribution in [0.5, 0.6) is 5.75 Å². The van der Waals surface area contributed by atoms with Crippen molar-refractivity contribution in [2.24, 2.45) is 0 Å². The van der Waals surface area contributed by atoms with Crippen LogP contribution in [0.4, 0.5) is 5.69 Å². The van der Waals surface area contributed by atoms with Crippen molar-refractivity contribution in [1.29, 1.82) is 5.26 Å². The normalized spacial score (nSPS) is 11.2. The van der Waals surface area contributed by atoms with E-state index in [9.17, 15) is 10.1 Å². The zero-order valence-electron chi connectivity index (χ0n) is 19.9. The molecule has 4 rings (SSSR count). The van der Waals surface area contributed by atoms with Crippen molar-refractivity contribution < 1.29 is 9.53 Å². The fourth-order valence-electron chi connectivity index (χ4n) is 3.91. The second-order valence-corrected chi connectivity index (χ2v) is 8.93. The number of rotatable bonds is 6. The summed E-state index contributed by atoms with van der Waals surface area (Å²) in [4.78, 5) is 12.9. The number of hydrogen-bond donors (Lipinski definition) is 1. The highest BCUT2D eigenvalue weighted by Gasteiger charge is 2.14. The van der Waals surface area contributed by atoms with E-state index in [1.807, 2.05) is 50.2 Å². The minimum absolute atomic E-state index is 0.0423. The minimum atomic E-state index is -0.489. The lowest BCUT2D eigenvalue weighted by Crippen LogP contribution is -2.14. The van der Waals surface area contributed by atoms with Gasteiger partial charge in [-0.15, -0.1) is 0 Å². The summed E-state index contributed by atoms with van der Waals surface area (Å²) in [6.07, 6.45) is 1.51. The molecule has 0 aliphatic rings. The van der Waals surface area contributed by atoms with E-state index in [-0.39, 0.29) is 5.57 Å². The standard InChI is InChI=1S/C30H25ClN2O2/c1-19-8-9-21(3)28(14-19)33-30(34)24(17-32)15-23-16-25(31)12-13-29(23)35-18-27-20(2)10-11-22-6-4-5-7-26(22)27/h4-16H,18H2,1-3H3,(H,33,34)/b24-15+. The van der Waals surface area contributed by atoms with E-state index in [1.165, 1.54) is 6.08 Å². The topological polar surface area (TPSA) is 62.1 Å². The minimum Gasteiger partial charge on any atom is -0.488 e. The van der Waals surface area contributed by atoms with Crippen molar-refractivity contribution in [3.63, 3.8) is 0 Å². The maximum atomic E-state index is 12.9. The summed E-state index contributed by atoms with van der Waals surface area (Å²) in [7, 11) is 0. The summed E-state index contributed by atoms with van der Waals surface area (Å²) in [6, 6.07) is 25.3. The molecule has 0 aromatic heterocycles. The van der Waals surface area contributed by atoms with Crippen molar-refractivity contribution in [3.05, 3.63) is 111 Å². The molecule has 0 atom stereocenters. The molecule has 5 heteroatoms. The van der Waals surface area contributed by atoms with Crippen molar-refractivity contribution >= 4 is 40.0 Å². The molecule has 0 heterocycles. The van der Waals surface area contributed by atoms with Gasteiger partial charge < -0.3 is 10.1 Å². The quantitative estimate of drug-likeness (QED) is 0.229. The molecule has 1 amide bonds. The third kappa shape index (κ3) is 5.54. The smallest absolute Gasteiger partial charge is 0.266 e. The maximum Gasteiger partial charge on any atom is 0.266 e. The van der Waals surface area contributed by atoms with E-state index in [2.05, 4.69) is 36.5 Å². The number of nitriles is 1. The number of nitrogens with one attached hydrogen (secondary N) is 1. The number of carbonyl (C=O) groups excluding carboxylic acids is 1. The SMILES string of the molecule is Cc1ccc(C)c(NC(=O)/C(C#N)=C/c2cc(Cl)ccc2OCc2c(C)ccc3ccccc23)c1. The van der Waals surface area contributed by atoms with Gasteiger partial charge in [0.15, 0.2) is 0 Å². The summed E-state index contributed by atoms with van der Waals surface area (Å²) >= 11 is 6.24. The average Bonchev–Trinajstić information content (AvgIpc) is 2.85. The third-order valence-electron chi connectivity index (χ3n) is 5.92. The molecule has 174 valence electrons. The Kier molecular flexibility index (Phi) is 7.19. The number of anilines is 1. The molecule has 0 radical (unpaired) electrons. The van der Waals surface area contributed by atoms with Gasteiger partial charge >= 0.3 is 0 Å². The number of hydrogen-bond acceptors (Lipinski definition) is 3. The van der Waals surface area contributed by atoms with E-state index >= 15 is 0 Å². The summed E-state index contributed by atoms with van der Waals surface area (Å²) in [5, 5.41) is 15.3. The number of halogens is 1. The van der Waals surface area contributed by atoms with Crippen LogP contribution in [0.2, 0.25) is 5.02 Å². The molecule has 0 unspecified atom stereocenters. The maximum absolute atomic E-state index is 12.9. The molecule has 0 fully saturated rings. The van der Waals surface area contributed by atoms with Crippen LogP contribution >= 0.6 is 11.6 Å². The molecule has 0 spiro atoms. The molecular formula is C30H25ClN2O2. The summed E-state index contributed by atoms with van der Waals surface area (Å²) < 4.78 is 6.20.